The molecule has 0 heterocycles. The fourth-order valence-corrected chi connectivity index (χ4v) is 3.59. The highest BCUT2D eigenvalue weighted by atomic mass is 32.2. The Morgan fingerprint density at radius 1 is 0.700 bits per heavy atom. The van der Waals surface area contributed by atoms with Crippen LogP contribution in [-0.2, 0) is 10.0 Å². The van der Waals surface area contributed by atoms with E-state index in [2.05, 4.69) is 13.8 Å². The van der Waals surface area contributed by atoms with Crippen LogP contribution in [0.2, 0.25) is 0 Å². The highest BCUT2D eigenvalue weighted by molar-refractivity contribution is 7.89. The first-order chi connectivity index (χ1) is 9.52. The van der Waals surface area contributed by atoms with Gasteiger partial charge >= 0.3 is 0 Å². The van der Waals surface area contributed by atoms with Gasteiger partial charge in [0.1, 0.15) is 0 Å². The van der Waals surface area contributed by atoms with Crippen molar-refractivity contribution in [1.82, 2.24) is 0 Å². The Hall–Kier alpha value is -0.0900. The van der Waals surface area contributed by atoms with Gasteiger partial charge in [0.25, 0.3) is 0 Å². The van der Waals surface area contributed by atoms with Crippen LogP contribution < -0.4 is 5.14 Å². The molecule has 0 spiro atoms. The number of hydrogen-bond acceptors (Lipinski definition) is 2. The average Bonchev–Trinajstić information content (AvgIpc) is 2.38. The van der Waals surface area contributed by atoms with E-state index >= 15 is 0 Å². The molecule has 0 aromatic carbocycles. The van der Waals surface area contributed by atoms with Gasteiger partial charge in [-0.05, 0) is 12.8 Å². The first-order valence-corrected chi connectivity index (χ1v) is 10.1. The molecule has 3 nitrogen and oxygen atoms in total. The number of hydrogen-bond donors (Lipinski definition) is 1. The number of sulfonamides is 1. The molecule has 0 aliphatic rings. The summed E-state index contributed by atoms with van der Waals surface area (Å²) >= 11 is 0. The molecule has 0 aliphatic carbocycles. The molecule has 20 heavy (non-hydrogen) atoms. The van der Waals surface area contributed by atoms with Crippen LogP contribution in [0.3, 0.4) is 0 Å². The van der Waals surface area contributed by atoms with Gasteiger partial charge in [0.15, 0.2) is 0 Å². The van der Waals surface area contributed by atoms with E-state index in [0.29, 0.717) is 0 Å². The normalized spacial score (nSPS) is 13.6. The van der Waals surface area contributed by atoms with Crippen molar-refractivity contribution in [2.45, 2.75) is 103 Å². The third-order valence-electron chi connectivity index (χ3n) is 3.97. The Balaban J connectivity index is 3.81. The van der Waals surface area contributed by atoms with Gasteiger partial charge in [0.2, 0.25) is 10.0 Å². The largest absolute Gasteiger partial charge is 0.228 e. The second kappa shape index (κ2) is 12.6. The standard InChI is InChI=1S/C16H35NO2S/c1-3-5-7-9-11-13-15-16(20(17,18)19)14-12-10-8-6-4-2/h16H,3-15H2,1-2H3,(H2,17,18,19). The Morgan fingerprint density at radius 2 is 1.05 bits per heavy atom. The minimum absolute atomic E-state index is 0.310. The molecule has 0 aliphatic heterocycles. The Bertz CT molecular complexity index is 302. The van der Waals surface area contributed by atoms with Gasteiger partial charge in [-0.15, -0.1) is 0 Å². The van der Waals surface area contributed by atoms with Crippen molar-refractivity contribution >= 4 is 10.0 Å². The lowest BCUT2D eigenvalue weighted by atomic mass is 10.0. The van der Waals surface area contributed by atoms with Crippen LogP contribution >= 0.6 is 0 Å². The monoisotopic (exact) mass is 305 g/mol. The predicted octanol–water partition coefficient (Wildman–Crippen LogP) is 4.75. The zero-order valence-corrected chi connectivity index (χ0v) is 14.4. The van der Waals surface area contributed by atoms with Crippen LogP contribution in [0.25, 0.3) is 0 Å². The summed E-state index contributed by atoms with van der Waals surface area (Å²) in [6, 6.07) is 0. The zero-order valence-electron chi connectivity index (χ0n) is 13.6. The topological polar surface area (TPSA) is 60.2 Å². The summed E-state index contributed by atoms with van der Waals surface area (Å²) < 4.78 is 23.2. The first kappa shape index (κ1) is 19.9. The Morgan fingerprint density at radius 3 is 1.40 bits per heavy atom. The fraction of sp³-hybridized carbons (Fsp3) is 1.00. The molecule has 0 saturated carbocycles. The van der Waals surface area contributed by atoms with Crippen LogP contribution in [0, 0.1) is 0 Å². The van der Waals surface area contributed by atoms with Gasteiger partial charge in [0.05, 0.1) is 5.25 Å². The van der Waals surface area contributed by atoms with Gasteiger partial charge in [-0.1, -0.05) is 84.5 Å². The van der Waals surface area contributed by atoms with Gasteiger partial charge in [-0.3, -0.25) is 0 Å². The van der Waals surface area contributed by atoms with E-state index in [1.165, 1.54) is 44.9 Å². The molecule has 0 rings (SSSR count). The third-order valence-corrected chi connectivity index (χ3v) is 5.37. The molecule has 122 valence electrons. The summed E-state index contributed by atoms with van der Waals surface area (Å²) in [6.07, 6.45) is 14.5. The minimum atomic E-state index is -3.36. The molecule has 1 unspecified atom stereocenters. The lowest BCUT2D eigenvalue weighted by molar-refractivity contribution is 0.515. The average molecular weight is 306 g/mol. The third kappa shape index (κ3) is 11.7. The molecule has 0 aromatic rings. The lowest BCUT2D eigenvalue weighted by Crippen LogP contribution is -2.28. The van der Waals surface area contributed by atoms with E-state index < -0.39 is 10.0 Å². The van der Waals surface area contributed by atoms with E-state index in [0.717, 1.165) is 38.5 Å². The predicted molar refractivity (Wildman–Crippen MR) is 88.3 cm³/mol. The summed E-state index contributed by atoms with van der Waals surface area (Å²) in [4.78, 5) is 0. The summed E-state index contributed by atoms with van der Waals surface area (Å²) in [7, 11) is -3.36. The van der Waals surface area contributed by atoms with Crippen LogP contribution in [-0.4, -0.2) is 13.7 Å². The molecular weight excluding hydrogens is 270 g/mol. The molecule has 0 amide bonds. The zero-order chi connectivity index (χ0) is 15.3. The van der Waals surface area contributed by atoms with Gasteiger partial charge in [0, 0.05) is 0 Å². The van der Waals surface area contributed by atoms with Gasteiger partial charge < -0.3 is 0 Å². The number of primary sulfonamides is 1. The SMILES string of the molecule is CCCCCCCCC(CCCCCCC)S(N)(=O)=O. The van der Waals surface area contributed by atoms with Crippen molar-refractivity contribution in [3.05, 3.63) is 0 Å². The molecule has 0 aromatic heterocycles. The van der Waals surface area contributed by atoms with Crippen molar-refractivity contribution in [3.63, 3.8) is 0 Å². The summed E-state index contributed by atoms with van der Waals surface area (Å²) in [5, 5.41) is 5.05. The van der Waals surface area contributed by atoms with Crippen molar-refractivity contribution in [3.8, 4) is 0 Å². The molecule has 0 bridgehead atoms. The van der Waals surface area contributed by atoms with Gasteiger partial charge in [-0.25, -0.2) is 13.6 Å². The van der Waals surface area contributed by atoms with E-state index in [4.69, 9.17) is 5.14 Å². The first-order valence-electron chi connectivity index (χ1n) is 8.54. The molecule has 1 atom stereocenters. The number of nitrogens with two attached hydrogens (primary N) is 1. The number of rotatable bonds is 14. The number of unbranched alkanes of at least 4 members (excludes halogenated alkanes) is 9. The van der Waals surface area contributed by atoms with Crippen molar-refractivity contribution in [2.24, 2.45) is 5.14 Å². The van der Waals surface area contributed by atoms with Crippen molar-refractivity contribution in [1.29, 1.82) is 0 Å². The maximum Gasteiger partial charge on any atom is 0.211 e. The van der Waals surface area contributed by atoms with Crippen LogP contribution in [0.4, 0.5) is 0 Å². The molecule has 4 heteroatoms. The molecule has 0 fully saturated rings. The quantitative estimate of drug-likeness (QED) is 0.470. The molecule has 0 saturated heterocycles. The summed E-state index contributed by atoms with van der Waals surface area (Å²) in [5.74, 6) is 0. The maximum absolute atomic E-state index is 11.6. The van der Waals surface area contributed by atoms with Crippen molar-refractivity contribution < 1.29 is 8.42 Å². The van der Waals surface area contributed by atoms with Gasteiger partial charge in [-0.2, -0.15) is 0 Å². The van der Waals surface area contributed by atoms with E-state index in [-0.39, 0.29) is 5.25 Å². The van der Waals surface area contributed by atoms with Crippen LogP contribution in [0.5, 0.6) is 0 Å². The van der Waals surface area contributed by atoms with Crippen LogP contribution in [0.1, 0.15) is 97.3 Å². The lowest BCUT2D eigenvalue weighted by Gasteiger charge is -2.14. The maximum atomic E-state index is 11.6. The summed E-state index contributed by atoms with van der Waals surface area (Å²) in [5.41, 5.74) is 0. The molecule has 0 radical (unpaired) electrons. The second-order valence-electron chi connectivity index (χ2n) is 5.97. The second-order valence-corrected chi connectivity index (χ2v) is 7.82. The Labute approximate surface area is 126 Å². The Kier molecular flexibility index (Phi) is 12.6. The van der Waals surface area contributed by atoms with E-state index in [9.17, 15) is 8.42 Å². The smallest absolute Gasteiger partial charge is 0.211 e. The highest BCUT2D eigenvalue weighted by Crippen LogP contribution is 2.18. The van der Waals surface area contributed by atoms with Crippen molar-refractivity contribution in [2.75, 3.05) is 0 Å². The van der Waals surface area contributed by atoms with Crippen LogP contribution in [0.15, 0.2) is 0 Å². The van der Waals surface area contributed by atoms with E-state index in [1.54, 1.807) is 0 Å². The highest BCUT2D eigenvalue weighted by Gasteiger charge is 2.20. The fourth-order valence-electron chi connectivity index (χ4n) is 2.60. The molecular formula is C16H35NO2S. The summed E-state index contributed by atoms with van der Waals surface area (Å²) in [6.45, 7) is 4.39. The van der Waals surface area contributed by atoms with E-state index in [1.807, 2.05) is 0 Å². The molecule has 2 N–H and O–H groups in total. The minimum Gasteiger partial charge on any atom is -0.228 e.